The molecule has 1 aliphatic heterocycles. The van der Waals surface area contributed by atoms with Crippen LogP contribution < -0.4 is 10.1 Å². The molecular weight excluding hydrogens is 466 g/mol. The fourth-order valence-corrected chi connectivity index (χ4v) is 3.71. The third-order valence-corrected chi connectivity index (χ3v) is 5.51. The summed E-state index contributed by atoms with van der Waals surface area (Å²) in [7, 11) is 1.33. The number of carbonyl (C=O) groups is 1. The summed E-state index contributed by atoms with van der Waals surface area (Å²) < 4.78 is 39.6. The van der Waals surface area contributed by atoms with Crippen molar-refractivity contribution in [3.8, 4) is 11.8 Å². The maximum atomic E-state index is 13.4. The predicted octanol–water partition coefficient (Wildman–Crippen LogP) is 3.24. The van der Waals surface area contributed by atoms with Gasteiger partial charge in [-0.05, 0) is 34.8 Å². The maximum absolute atomic E-state index is 13.4. The summed E-state index contributed by atoms with van der Waals surface area (Å²) in [6.45, 7) is 0.777. The molecule has 2 aromatic rings. The van der Waals surface area contributed by atoms with Crippen molar-refractivity contribution < 1.29 is 23.0 Å². The molecule has 2 aliphatic rings. The summed E-state index contributed by atoms with van der Waals surface area (Å²) in [6.07, 6.45) is 1.47. The lowest BCUT2D eigenvalue weighted by molar-refractivity contribution is -0.0361. The van der Waals surface area contributed by atoms with E-state index < -0.39 is 12.0 Å². The number of hydrogen-bond donors (Lipinski definition) is 1. The summed E-state index contributed by atoms with van der Waals surface area (Å²) in [4.78, 5) is 21.9. The topological polar surface area (TPSA) is 94.4 Å². The highest BCUT2D eigenvalue weighted by Crippen LogP contribution is 2.34. The van der Waals surface area contributed by atoms with Crippen molar-refractivity contribution in [1.82, 2.24) is 24.6 Å². The number of anilines is 1. The molecule has 2 aromatic heterocycles. The number of aromatic nitrogens is 4. The minimum atomic E-state index is -2.60. The summed E-state index contributed by atoms with van der Waals surface area (Å²) in [5.74, 6) is -1.53. The van der Waals surface area contributed by atoms with E-state index >= 15 is 0 Å². The molecule has 0 atom stereocenters. The highest BCUT2D eigenvalue weighted by Gasteiger charge is 2.35. The number of halogens is 3. The van der Waals surface area contributed by atoms with Gasteiger partial charge in [0.2, 0.25) is 11.8 Å². The number of amides is 1. The Kier molecular flexibility index (Phi) is 5.76. The molecule has 1 N–H and O–H groups in total. The molecule has 0 unspecified atom stereocenters. The summed E-state index contributed by atoms with van der Waals surface area (Å²) >= 11 is 3.29. The standard InChI is InChI=1S/C18H21BrF2N6O3/c1-29-17(28)26-9-12(10-26)30-15-8-14(22-11-2-5-18(20,21)6-3-11)23-16(24-15)27-7-4-13(19)25-27/h4,7-8,11-12H,2-3,5-6,9-10H2,1H3,(H,22,23,24). The van der Waals surface area contributed by atoms with Gasteiger partial charge >= 0.3 is 6.09 Å². The first kappa shape index (κ1) is 20.8. The van der Waals surface area contributed by atoms with E-state index in [4.69, 9.17) is 4.74 Å². The Morgan fingerprint density at radius 2 is 2.03 bits per heavy atom. The van der Waals surface area contributed by atoms with Crippen LogP contribution in [-0.4, -0.2) is 69.0 Å². The molecule has 162 valence electrons. The summed E-state index contributed by atoms with van der Waals surface area (Å²) in [6, 6.07) is 3.27. The fraction of sp³-hybridized carbons (Fsp3) is 0.556. The van der Waals surface area contributed by atoms with E-state index in [9.17, 15) is 13.6 Å². The van der Waals surface area contributed by atoms with Gasteiger partial charge in [0, 0.05) is 31.1 Å². The van der Waals surface area contributed by atoms with E-state index in [-0.39, 0.29) is 30.9 Å². The number of methoxy groups -OCH3 is 1. The second-order valence-electron chi connectivity index (χ2n) is 7.36. The lowest BCUT2D eigenvalue weighted by Gasteiger charge is -2.37. The number of nitrogens with zero attached hydrogens (tertiary/aromatic N) is 5. The molecule has 1 saturated carbocycles. The molecule has 1 aliphatic carbocycles. The third kappa shape index (κ3) is 4.79. The third-order valence-electron chi connectivity index (χ3n) is 5.09. The fourth-order valence-electron chi connectivity index (χ4n) is 3.42. The Bertz CT molecular complexity index is 911. The van der Waals surface area contributed by atoms with Gasteiger partial charge in [-0.1, -0.05) is 0 Å². The smallest absolute Gasteiger partial charge is 0.409 e. The van der Waals surface area contributed by atoms with Crippen molar-refractivity contribution in [3.63, 3.8) is 0 Å². The van der Waals surface area contributed by atoms with E-state index in [1.807, 2.05) is 0 Å². The van der Waals surface area contributed by atoms with Crippen molar-refractivity contribution in [2.75, 3.05) is 25.5 Å². The molecule has 0 bridgehead atoms. The van der Waals surface area contributed by atoms with Crippen molar-refractivity contribution in [2.24, 2.45) is 0 Å². The molecule has 2 fully saturated rings. The minimum Gasteiger partial charge on any atom is -0.470 e. The van der Waals surface area contributed by atoms with Crippen LogP contribution in [0.1, 0.15) is 25.7 Å². The largest absolute Gasteiger partial charge is 0.470 e. The van der Waals surface area contributed by atoms with Crippen LogP contribution in [0, 0.1) is 0 Å². The number of rotatable bonds is 5. The van der Waals surface area contributed by atoms with Gasteiger partial charge in [0.15, 0.2) is 0 Å². The summed E-state index contributed by atoms with van der Waals surface area (Å²) in [5.41, 5.74) is 0. The number of carbonyl (C=O) groups excluding carboxylic acids is 1. The SMILES string of the molecule is COC(=O)N1CC(Oc2cc(NC3CCC(F)(F)CC3)nc(-n3ccc(Br)n3)n2)C1. The normalized spacial score (nSPS) is 19.3. The zero-order valence-electron chi connectivity index (χ0n) is 16.2. The van der Waals surface area contributed by atoms with E-state index in [0.29, 0.717) is 42.2 Å². The van der Waals surface area contributed by atoms with E-state index in [1.165, 1.54) is 16.7 Å². The lowest BCUT2D eigenvalue weighted by Crippen LogP contribution is -2.56. The van der Waals surface area contributed by atoms with Crippen LogP contribution in [0.15, 0.2) is 22.9 Å². The first-order valence-corrected chi connectivity index (χ1v) is 10.4. The minimum absolute atomic E-state index is 0.108. The number of nitrogens with one attached hydrogen (secondary N) is 1. The Hall–Kier alpha value is -2.50. The zero-order chi connectivity index (χ0) is 21.3. The number of likely N-dealkylation sites (tertiary alicyclic amines) is 1. The highest BCUT2D eigenvalue weighted by molar-refractivity contribution is 9.10. The first-order chi connectivity index (χ1) is 14.3. The van der Waals surface area contributed by atoms with Crippen molar-refractivity contribution in [2.45, 2.75) is 43.8 Å². The second-order valence-corrected chi connectivity index (χ2v) is 8.18. The maximum Gasteiger partial charge on any atom is 0.409 e. The van der Waals surface area contributed by atoms with Gasteiger partial charge in [0.05, 0.1) is 20.2 Å². The molecule has 4 rings (SSSR count). The van der Waals surface area contributed by atoms with Crippen molar-refractivity contribution in [3.05, 3.63) is 22.9 Å². The van der Waals surface area contributed by atoms with Crippen LogP contribution in [0.25, 0.3) is 5.95 Å². The molecule has 30 heavy (non-hydrogen) atoms. The van der Waals surface area contributed by atoms with Crippen LogP contribution in [0.3, 0.4) is 0 Å². The molecule has 1 saturated heterocycles. The van der Waals surface area contributed by atoms with Crippen LogP contribution in [0.5, 0.6) is 5.88 Å². The van der Waals surface area contributed by atoms with Gasteiger partial charge in [0.1, 0.15) is 16.5 Å². The molecule has 0 radical (unpaired) electrons. The quantitative estimate of drug-likeness (QED) is 0.692. The lowest BCUT2D eigenvalue weighted by atomic mass is 9.92. The number of ether oxygens (including phenoxy) is 2. The van der Waals surface area contributed by atoms with Crippen LogP contribution in [0.4, 0.5) is 19.4 Å². The van der Waals surface area contributed by atoms with Gasteiger partial charge < -0.3 is 19.7 Å². The van der Waals surface area contributed by atoms with Gasteiger partial charge in [-0.15, -0.1) is 0 Å². The van der Waals surface area contributed by atoms with Gasteiger partial charge in [-0.2, -0.15) is 15.1 Å². The van der Waals surface area contributed by atoms with Gasteiger partial charge in [-0.3, -0.25) is 0 Å². The first-order valence-electron chi connectivity index (χ1n) is 9.56. The Labute approximate surface area is 179 Å². The van der Waals surface area contributed by atoms with Crippen LogP contribution >= 0.6 is 15.9 Å². The Morgan fingerprint density at radius 1 is 1.30 bits per heavy atom. The van der Waals surface area contributed by atoms with Crippen molar-refractivity contribution >= 4 is 27.8 Å². The van der Waals surface area contributed by atoms with Crippen molar-refractivity contribution in [1.29, 1.82) is 0 Å². The van der Waals surface area contributed by atoms with E-state index in [2.05, 4.69) is 41.1 Å². The molecule has 1 amide bonds. The molecule has 0 aromatic carbocycles. The van der Waals surface area contributed by atoms with Crippen LogP contribution in [-0.2, 0) is 4.74 Å². The zero-order valence-corrected chi connectivity index (χ0v) is 17.8. The van der Waals surface area contributed by atoms with Gasteiger partial charge in [0.25, 0.3) is 5.95 Å². The summed E-state index contributed by atoms with van der Waals surface area (Å²) in [5, 5.41) is 7.46. The van der Waals surface area contributed by atoms with E-state index in [0.717, 1.165) is 0 Å². The molecule has 0 spiro atoms. The second kappa shape index (κ2) is 8.32. The van der Waals surface area contributed by atoms with Crippen LogP contribution in [0.2, 0.25) is 0 Å². The Balaban J connectivity index is 1.49. The molecule has 3 heterocycles. The average molecular weight is 487 g/mol. The average Bonchev–Trinajstić information content (AvgIpc) is 3.12. The number of alkyl halides is 2. The monoisotopic (exact) mass is 486 g/mol. The number of hydrogen-bond acceptors (Lipinski definition) is 7. The predicted molar refractivity (Wildman–Crippen MR) is 106 cm³/mol. The molecule has 9 nitrogen and oxygen atoms in total. The Morgan fingerprint density at radius 3 is 2.67 bits per heavy atom. The molecular formula is C18H21BrF2N6O3. The van der Waals surface area contributed by atoms with Gasteiger partial charge in [-0.25, -0.2) is 18.3 Å². The molecule has 12 heteroatoms. The van der Waals surface area contributed by atoms with E-state index in [1.54, 1.807) is 18.3 Å². The highest BCUT2D eigenvalue weighted by atomic mass is 79.9.